The fraction of sp³-hybridized carbons (Fsp3) is 0.471. The molecule has 0 aromatic heterocycles. The Bertz CT molecular complexity index is 544. The molecule has 23 heavy (non-hydrogen) atoms. The van der Waals surface area contributed by atoms with Crippen LogP contribution in [0.3, 0.4) is 0 Å². The van der Waals surface area contributed by atoms with E-state index in [-0.39, 0.29) is 29.5 Å². The van der Waals surface area contributed by atoms with Crippen LogP contribution in [0.1, 0.15) is 58.8 Å². The molecule has 0 atom stereocenters. The van der Waals surface area contributed by atoms with E-state index < -0.39 is 5.97 Å². The van der Waals surface area contributed by atoms with Gasteiger partial charge >= 0.3 is 5.97 Å². The average molecular weight is 320 g/mol. The van der Waals surface area contributed by atoms with Crippen LogP contribution in [-0.2, 0) is 4.74 Å². The molecule has 0 unspecified atom stereocenters. The van der Waals surface area contributed by atoms with Gasteiger partial charge in [0, 0.05) is 30.8 Å². The third-order valence-corrected chi connectivity index (χ3v) is 3.34. The Labute approximate surface area is 136 Å². The summed E-state index contributed by atoms with van der Waals surface area (Å²) in [5.41, 5.74) is 0.777. The summed E-state index contributed by atoms with van der Waals surface area (Å²) in [6.45, 7) is 9.04. The first-order chi connectivity index (χ1) is 11.0. The highest BCUT2D eigenvalue weighted by Gasteiger charge is 2.19. The molecule has 2 amide bonds. The predicted molar refractivity (Wildman–Crippen MR) is 87.7 cm³/mol. The van der Waals surface area contributed by atoms with Crippen molar-refractivity contribution in [2.45, 2.75) is 27.7 Å². The topological polar surface area (TPSA) is 75.7 Å². The van der Waals surface area contributed by atoms with E-state index in [1.54, 1.807) is 18.7 Å². The van der Waals surface area contributed by atoms with Crippen LogP contribution < -0.4 is 5.32 Å². The second kappa shape index (κ2) is 8.92. The van der Waals surface area contributed by atoms with Gasteiger partial charge in [0.2, 0.25) is 0 Å². The van der Waals surface area contributed by atoms with Crippen LogP contribution in [0.4, 0.5) is 0 Å². The summed E-state index contributed by atoms with van der Waals surface area (Å²) in [6, 6.07) is 4.43. The van der Waals surface area contributed by atoms with Crippen molar-refractivity contribution in [3.05, 3.63) is 34.9 Å². The fourth-order valence-corrected chi connectivity index (χ4v) is 2.17. The molecule has 6 nitrogen and oxygen atoms in total. The van der Waals surface area contributed by atoms with Crippen molar-refractivity contribution in [3.8, 4) is 0 Å². The van der Waals surface area contributed by atoms with Crippen molar-refractivity contribution in [2.24, 2.45) is 0 Å². The SMILES string of the molecule is CCNC(=O)c1cc(C(=O)OCC)cc(C(=O)N(CC)CC)c1. The van der Waals surface area contributed by atoms with Crippen LogP contribution in [-0.4, -0.2) is 48.9 Å². The Hall–Kier alpha value is -2.37. The van der Waals surface area contributed by atoms with Gasteiger partial charge in [0.25, 0.3) is 11.8 Å². The van der Waals surface area contributed by atoms with Crippen LogP contribution in [0.5, 0.6) is 0 Å². The lowest BCUT2D eigenvalue weighted by atomic mass is 10.0. The molecule has 0 bridgehead atoms. The van der Waals surface area contributed by atoms with Crippen molar-refractivity contribution in [1.82, 2.24) is 10.2 Å². The molecule has 1 aromatic rings. The van der Waals surface area contributed by atoms with Gasteiger partial charge in [-0.25, -0.2) is 4.79 Å². The lowest BCUT2D eigenvalue weighted by Gasteiger charge is -2.19. The lowest BCUT2D eigenvalue weighted by molar-refractivity contribution is 0.0526. The molecule has 0 spiro atoms. The van der Waals surface area contributed by atoms with E-state index in [9.17, 15) is 14.4 Å². The highest BCUT2D eigenvalue weighted by Crippen LogP contribution is 2.14. The summed E-state index contributed by atoms with van der Waals surface area (Å²) in [6.07, 6.45) is 0. The molecule has 0 aliphatic heterocycles. The highest BCUT2D eigenvalue weighted by atomic mass is 16.5. The number of rotatable bonds is 7. The Morgan fingerprint density at radius 2 is 1.52 bits per heavy atom. The first-order valence-electron chi connectivity index (χ1n) is 7.88. The third-order valence-electron chi connectivity index (χ3n) is 3.34. The molecule has 1 aromatic carbocycles. The molecule has 126 valence electrons. The second-order valence-electron chi connectivity index (χ2n) is 4.86. The molecule has 0 heterocycles. The largest absolute Gasteiger partial charge is 0.462 e. The number of carbonyl (C=O) groups excluding carboxylic acids is 3. The number of nitrogens with one attached hydrogen (secondary N) is 1. The van der Waals surface area contributed by atoms with E-state index in [0.29, 0.717) is 25.2 Å². The number of hydrogen-bond donors (Lipinski definition) is 1. The monoisotopic (exact) mass is 320 g/mol. The smallest absolute Gasteiger partial charge is 0.338 e. The molecule has 0 fully saturated rings. The summed E-state index contributed by atoms with van der Waals surface area (Å²) in [5, 5.41) is 2.67. The molecule has 0 aliphatic carbocycles. The zero-order valence-electron chi connectivity index (χ0n) is 14.1. The van der Waals surface area contributed by atoms with Gasteiger partial charge in [0.05, 0.1) is 12.2 Å². The number of nitrogens with zero attached hydrogens (tertiary/aromatic N) is 1. The number of ether oxygens (including phenoxy) is 1. The van der Waals surface area contributed by atoms with Gasteiger partial charge in [-0.3, -0.25) is 9.59 Å². The first kappa shape index (κ1) is 18.7. The molecular weight excluding hydrogens is 296 g/mol. The van der Waals surface area contributed by atoms with Gasteiger partial charge in [-0.15, -0.1) is 0 Å². The van der Waals surface area contributed by atoms with Gasteiger partial charge in [0.1, 0.15) is 0 Å². The number of carbonyl (C=O) groups is 3. The van der Waals surface area contributed by atoms with Gasteiger partial charge in [0.15, 0.2) is 0 Å². The van der Waals surface area contributed by atoms with E-state index in [1.807, 2.05) is 13.8 Å². The number of hydrogen-bond acceptors (Lipinski definition) is 4. The number of amides is 2. The van der Waals surface area contributed by atoms with Gasteiger partial charge in [-0.2, -0.15) is 0 Å². The average Bonchev–Trinajstić information content (AvgIpc) is 2.55. The molecule has 1 rings (SSSR count). The molecule has 1 N–H and O–H groups in total. The Morgan fingerprint density at radius 1 is 0.957 bits per heavy atom. The van der Waals surface area contributed by atoms with E-state index in [0.717, 1.165) is 0 Å². The maximum atomic E-state index is 12.5. The van der Waals surface area contributed by atoms with Crippen molar-refractivity contribution >= 4 is 17.8 Å². The normalized spacial score (nSPS) is 10.1. The summed E-state index contributed by atoms with van der Waals surface area (Å²) in [5.74, 6) is -1.09. The van der Waals surface area contributed by atoms with Crippen molar-refractivity contribution in [1.29, 1.82) is 0 Å². The summed E-state index contributed by atoms with van der Waals surface area (Å²) in [7, 11) is 0. The molecular formula is C17H24N2O4. The standard InChI is InChI=1S/C17H24N2O4/c1-5-18-15(20)12-9-13(16(21)19(6-2)7-3)11-14(10-12)17(22)23-8-4/h9-11H,5-8H2,1-4H3,(H,18,20). The second-order valence-corrected chi connectivity index (χ2v) is 4.86. The minimum Gasteiger partial charge on any atom is -0.462 e. The maximum Gasteiger partial charge on any atom is 0.338 e. The number of esters is 1. The molecule has 6 heteroatoms. The Balaban J connectivity index is 3.30. The summed E-state index contributed by atoms with van der Waals surface area (Å²) >= 11 is 0. The van der Waals surface area contributed by atoms with Crippen LogP contribution in [0, 0.1) is 0 Å². The fourth-order valence-electron chi connectivity index (χ4n) is 2.17. The minimum absolute atomic E-state index is 0.200. The van der Waals surface area contributed by atoms with Crippen LogP contribution in [0.15, 0.2) is 18.2 Å². The molecule has 0 saturated heterocycles. The summed E-state index contributed by atoms with van der Waals surface area (Å²) < 4.78 is 4.97. The van der Waals surface area contributed by atoms with E-state index in [2.05, 4.69) is 5.32 Å². The minimum atomic E-state index is -0.549. The van der Waals surface area contributed by atoms with Gasteiger partial charge in [-0.05, 0) is 45.9 Å². The quantitative estimate of drug-likeness (QED) is 0.781. The molecule has 0 saturated carbocycles. The van der Waals surface area contributed by atoms with Crippen LogP contribution in [0.25, 0.3) is 0 Å². The van der Waals surface area contributed by atoms with E-state index in [4.69, 9.17) is 4.74 Å². The van der Waals surface area contributed by atoms with E-state index >= 15 is 0 Å². The maximum absolute atomic E-state index is 12.5. The van der Waals surface area contributed by atoms with Gasteiger partial charge in [-0.1, -0.05) is 0 Å². The zero-order chi connectivity index (χ0) is 17.4. The van der Waals surface area contributed by atoms with Crippen LogP contribution >= 0.6 is 0 Å². The van der Waals surface area contributed by atoms with Crippen molar-refractivity contribution in [3.63, 3.8) is 0 Å². The summed E-state index contributed by atoms with van der Waals surface area (Å²) in [4.78, 5) is 38.2. The number of benzene rings is 1. The Kier molecular flexibility index (Phi) is 7.25. The van der Waals surface area contributed by atoms with E-state index in [1.165, 1.54) is 18.2 Å². The van der Waals surface area contributed by atoms with Crippen molar-refractivity contribution in [2.75, 3.05) is 26.2 Å². The predicted octanol–water partition coefficient (Wildman–Crippen LogP) is 2.09. The first-order valence-corrected chi connectivity index (χ1v) is 7.88. The van der Waals surface area contributed by atoms with Crippen molar-refractivity contribution < 1.29 is 19.1 Å². The lowest BCUT2D eigenvalue weighted by Crippen LogP contribution is -2.31. The Morgan fingerprint density at radius 3 is 2.04 bits per heavy atom. The van der Waals surface area contributed by atoms with Crippen LogP contribution in [0.2, 0.25) is 0 Å². The highest BCUT2D eigenvalue weighted by molar-refractivity contribution is 6.03. The van der Waals surface area contributed by atoms with Gasteiger partial charge < -0.3 is 15.0 Å². The molecule has 0 aliphatic rings. The zero-order valence-corrected chi connectivity index (χ0v) is 14.1. The molecule has 0 radical (unpaired) electrons. The third kappa shape index (κ3) is 4.81.